The molecule has 0 bridgehead atoms. The van der Waals surface area contributed by atoms with Gasteiger partial charge in [0.15, 0.2) is 0 Å². The Balaban J connectivity index is 1.69. The minimum Gasteiger partial charge on any atom is -0.355 e. The molecule has 1 saturated carbocycles. The molecular formula is C19H21FN2O. The summed E-state index contributed by atoms with van der Waals surface area (Å²) in [4.78, 5) is 14.0. The first-order chi connectivity index (χ1) is 11.2. The predicted octanol–water partition coefficient (Wildman–Crippen LogP) is 3.35. The summed E-state index contributed by atoms with van der Waals surface area (Å²) in [6, 6.07) is 15.1. The van der Waals surface area contributed by atoms with E-state index >= 15 is 0 Å². The normalized spacial score (nSPS) is 14.0. The number of benzene rings is 2. The van der Waals surface area contributed by atoms with Gasteiger partial charge in [-0.2, -0.15) is 0 Å². The van der Waals surface area contributed by atoms with Crippen LogP contribution in [0.3, 0.4) is 0 Å². The van der Waals surface area contributed by atoms with Crippen molar-refractivity contribution in [2.75, 3.05) is 7.05 Å². The number of amides is 1. The molecule has 1 N–H and O–H groups in total. The van der Waals surface area contributed by atoms with Crippen LogP contribution in [0.15, 0.2) is 48.5 Å². The minimum absolute atomic E-state index is 0.0737. The molecule has 1 amide bonds. The first-order valence-electron chi connectivity index (χ1n) is 7.95. The first-order valence-corrected chi connectivity index (χ1v) is 7.95. The van der Waals surface area contributed by atoms with Gasteiger partial charge < -0.3 is 5.32 Å². The van der Waals surface area contributed by atoms with Gasteiger partial charge in [0.2, 0.25) is 0 Å². The molecule has 2 aromatic carbocycles. The fourth-order valence-electron chi connectivity index (χ4n) is 2.76. The van der Waals surface area contributed by atoms with E-state index in [-0.39, 0.29) is 11.7 Å². The lowest BCUT2D eigenvalue weighted by Gasteiger charge is -2.22. The smallest absolute Gasteiger partial charge is 0.251 e. The van der Waals surface area contributed by atoms with E-state index in [1.807, 2.05) is 30.3 Å². The second kappa shape index (κ2) is 6.92. The summed E-state index contributed by atoms with van der Waals surface area (Å²) < 4.78 is 13.4. The van der Waals surface area contributed by atoms with E-state index in [1.165, 1.54) is 24.5 Å². The van der Waals surface area contributed by atoms with Crippen molar-refractivity contribution in [3.63, 3.8) is 0 Å². The molecule has 4 heteroatoms. The van der Waals surface area contributed by atoms with Crippen molar-refractivity contribution in [2.24, 2.45) is 0 Å². The maximum atomic E-state index is 13.4. The van der Waals surface area contributed by atoms with Crippen molar-refractivity contribution in [2.45, 2.75) is 32.0 Å². The number of hydrogen-bond acceptors (Lipinski definition) is 2. The molecule has 23 heavy (non-hydrogen) atoms. The van der Waals surface area contributed by atoms with Gasteiger partial charge in [-0.25, -0.2) is 4.39 Å². The Morgan fingerprint density at radius 1 is 1.13 bits per heavy atom. The Kier molecular flexibility index (Phi) is 4.72. The summed E-state index contributed by atoms with van der Waals surface area (Å²) >= 11 is 0. The highest BCUT2D eigenvalue weighted by atomic mass is 19.1. The largest absolute Gasteiger partial charge is 0.355 e. The molecule has 0 aliphatic heterocycles. The van der Waals surface area contributed by atoms with Gasteiger partial charge in [0, 0.05) is 31.7 Å². The number of halogens is 1. The maximum absolute atomic E-state index is 13.4. The lowest BCUT2D eigenvalue weighted by molar-refractivity contribution is 0.0963. The predicted molar refractivity (Wildman–Crippen MR) is 88.5 cm³/mol. The summed E-state index contributed by atoms with van der Waals surface area (Å²) in [6.07, 6.45) is 2.40. The van der Waals surface area contributed by atoms with Crippen LogP contribution in [-0.4, -0.2) is 23.9 Å². The molecule has 0 aromatic heterocycles. The van der Waals surface area contributed by atoms with E-state index in [1.54, 1.807) is 19.2 Å². The third-order valence-electron chi connectivity index (χ3n) is 4.17. The second-order valence-electron chi connectivity index (χ2n) is 6.04. The van der Waals surface area contributed by atoms with E-state index in [0.29, 0.717) is 11.6 Å². The Labute approximate surface area is 136 Å². The van der Waals surface area contributed by atoms with Crippen molar-refractivity contribution < 1.29 is 9.18 Å². The molecule has 3 nitrogen and oxygen atoms in total. The highest BCUT2D eigenvalue weighted by Gasteiger charge is 2.29. The van der Waals surface area contributed by atoms with E-state index in [9.17, 15) is 9.18 Å². The van der Waals surface area contributed by atoms with Crippen molar-refractivity contribution in [3.05, 3.63) is 71.0 Å². The molecule has 1 aliphatic carbocycles. The molecule has 2 aromatic rings. The average Bonchev–Trinajstić information content (AvgIpc) is 3.39. The van der Waals surface area contributed by atoms with Crippen LogP contribution in [0.4, 0.5) is 4.39 Å². The van der Waals surface area contributed by atoms with Crippen LogP contribution < -0.4 is 5.32 Å². The second-order valence-corrected chi connectivity index (χ2v) is 6.04. The molecule has 1 aliphatic rings. The van der Waals surface area contributed by atoms with Gasteiger partial charge >= 0.3 is 0 Å². The molecule has 120 valence electrons. The highest BCUT2D eigenvalue weighted by molar-refractivity contribution is 5.93. The molecule has 0 atom stereocenters. The van der Waals surface area contributed by atoms with E-state index in [4.69, 9.17) is 0 Å². The lowest BCUT2D eigenvalue weighted by Crippen LogP contribution is -2.25. The van der Waals surface area contributed by atoms with Crippen LogP contribution in [0, 0.1) is 5.82 Å². The first kappa shape index (κ1) is 15.7. The molecule has 0 spiro atoms. The zero-order chi connectivity index (χ0) is 16.2. The SMILES string of the molecule is CNC(=O)c1ccc(CN(Cc2cccc(F)c2)C2CC2)cc1. The van der Waals surface area contributed by atoms with Gasteiger partial charge in [-0.05, 0) is 48.2 Å². The third kappa shape index (κ3) is 4.17. The molecule has 0 radical (unpaired) electrons. The van der Waals surface area contributed by atoms with Gasteiger partial charge in [0.25, 0.3) is 5.91 Å². The summed E-state index contributed by atoms with van der Waals surface area (Å²) in [7, 11) is 1.63. The quantitative estimate of drug-likeness (QED) is 0.887. The Morgan fingerprint density at radius 2 is 1.83 bits per heavy atom. The molecule has 0 saturated heterocycles. The number of hydrogen-bond donors (Lipinski definition) is 1. The fourth-order valence-corrected chi connectivity index (χ4v) is 2.76. The monoisotopic (exact) mass is 312 g/mol. The molecule has 0 heterocycles. The summed E-state index contributed by atoms with van der Waals surface area (Å²) in [5.74, 6) is -0.261. The number of nitrogens with one attached hydrogen (secondary N) is 1. The Bertz CT molecular complexity index is 680. The third-order valence-corrected chi connectivity index (χ3v) is 4.17. The van der Waals surface area contributed by atoms with Crippen LogP contribution in [0.1, 0.15) is 34.3 Å². The van der Waals surface area contributed by atoms with Gasteiger partial charge in [-0.15, -0.1) is 0 Å². The van der Waals surface area contributed by atoms with Crippen molar-refractivity contribution in [1.29, 1.82) is 0 Å². The molecule has 0 unspecified atom stereocenters. The van der Waals surface area contributed by atoms with Crippen LogP contribution in [-0.2, 0) is 13.1 Å². The average molecular weight is 312 g/mol. The maximum Gasteiger partial charge on any atom is 0.251 e. The summed E-state index contributed by atoms with van der Waals surface area (Å²) in [5, 5.41) is 2.62. The number of rotatable bonds is 6. The topological polar surface area (TPSA) is 32.3 Å². The summed E-state index contributed by atoms with van der Waals surface area (Å²) in [6.45, 7) is 1.56. The minimum atomic E-state index is -0.187. The van der Waals surface area contributed by atoms with Crippen LogP contribution in [0.5, 0.6) is 0 Å². The fraction of sp³-hybridized carbons (Fsp3) is 0.316. The van der Waals surface area contributed by atoms with Crippen LogP contribution in [0.25, 0.3) is 0 Å². The standard InChI is InChI=1S/C19H21FN2O/c1-21-19(23)16-7-5-14(6-8-16)12-22(18-9-10-18)13-15-3-2-4-17(20)11-15/h2-8,11,18H,9-10,12-13H2,1H3,(H,21,23). The number of carbonyl (C=O) groups is 1. The Morgan fingerprint density at radius 3 is 2.43 bits per heavy atom. The molecule has 3 rings (SSSR count). The van der Waals surface area contributed by atoms with Crippen molar-refractivity contribution in [3.8, 4) is 0 Å². The van der Waals surface area contributed by atoms with Gasteiger partial charge in [-0.3, -0.25) is 9.69 Å². The number of carbonyl (C=O) groups excluding carboxylic acids is 1. The van der Waals surface area contributed by atoms with Gasteiger partial charge in [0.1, 0.15) is 5.82 Å². The summed E-state index contributed by atoms with van der Waals surface area (Å²) in [5.41, 5.74) is 2.83. The number of nitrogens with zero attached hydrogens (tertiary/aromatic N) is 1. The molecular weight excluding hydrogens is 291 g/mol. The van der Waals surface area contributed by atoms with Gasteiger partial charge in [-0.1, -0.05) is 24.3 Å². The zero-order valence-corrected chi connectivity index (χ0v) is 13.3. The van der Waals surface area contributed by atoms with E-state index in [0.717, 1.165) is 18.7 Å². The Hall–Kier alpha value is -2.20. The van der Waals surface area contributed by atoms with Gasteiger partial charge in [0.05, 0.1) is 0 Å². The van der Waals surface area contributed by atoms with Crippen molar-refractivity contribution >= 4 is 5.91 Å². The zero-order valence-electron chi connectivity index (χ0n) is 13.3. The van der Waals surface area contributed by atoms with Crippen LogP contribution >= 0.6 is 0 Å². The molecule has 1 fully saturated rings. The van der Waals surface area contributed by atoms with Crippen LogP contribution in [0.2, 0.25) is 0 Å². The lowest BCUT2D eigenvalue weighted by atomic mass is 10.1. The highest BCUT2D eigenvalue weighted by Crippen LogP contribution is 2.30. The van der Waals surface area contributed by atoms with E-state index in [2.05, 4.69) is 10.2 Å². The van der Waals surface area contributed by atoms with E-state index < -0.39 is 0 Å². The van der Waals surface area contributed by atoms with Crippen molar-refractivity contribution in [1.82, 2.24) is 10.2 Å².